The Labute approximate surface area is 128 Å². The Bertz CT molecular complexity index is 773. The monoisotopic (exact) mass is 320 g/mol. The standard InChI is InChI=1S/C14H16N4O3S/c1-10(19)16-11-4-3-5-12(8-11)17-13-6-7-14(15-9-13)18-22(2,20)21/h3-9,17H,1-2H3,(H,15,18)(H,16,19). The van der Waals surface area contributed by atoms with Gasteiger partial charge in [-0.1, -0.05) is 6.07 Å². The van der Waals surface area contributed by atoms with E-state index in [2.05, 4.69) is 20.3 Å². The number of aromatic nitrogens is 1. The molecule has 8 heteroatoms. The quantitative estimate of drug-likeness (QED) is 0.784. The summed E-state index contributed by atoms with van der Waals surface area (Å²) in [5.74, 6) is 0.107. The highest BCUT2D eigenvalue weighted by Gasteiger charge is 2.03. The normalized spacial score (nSPS) is 10.8. The number of rotatable bonds is 5. The zero-order valence-electron chi connectivity index (χ0n) is 12.1. The van der Waals surface area contributed by atoms with Crippen molar-refractivity contribution in [3.05, 3.63) is 42.6 Å². The van der Waals surface area contributed by atoms with E-state index in [0.717, 1.165) is 11.9 Å². The first kappa shape index (κ1) is 15.8. The van der Waals surface area contributed by atoms with Crippen molar-refractivity contribution < 1.29 is 13.2 Å². The molecule has 0 spiro atoms. The maximum absolute atomic E-state index is 11.1. The summed E-state index contributed by atoms with van der Waals surface area (Å²) in [7, 11) is -3.34. The van der Waals surface area contributed by atoms with Gasteiger partial charge in [-0.2, -0.15) is 0 Å². The number of pyridine rings is 1. The van der Waals surface area contributed by atoms with E-state index >= 15 is 0 Å². The molecule has 1 amide bonds. The summed E-state index contributed by atoms with van der Waals surface area (Å²) in [6.07, 6.45) is 2.58. The molecule has 1 heterocycles. The van der Waals surface area contributed by atoms with Crippen LogP contribution in [0.1, 0.15) is 6.92 Å². The molecule has 2 rings (SSSR count). The molecule has 0 aliphatic heterocycles. The molecule has 22 heavy (non-hydrogen) atoms. The minimum Gasteiger partial charge on any atom is -0.354 e. The second-order valence-corrected chi connectivity index (χ2v) is 6.44. The van der Waals surface area contributed by atoms with Gasteiger partial charge in [0.1, 0.15) is 5.82 Å². The molecule has 0 unspecified atom stereocenters. The molecule has 3 N–H and O–H groups in total. The van der Waals surface area contributed by atoms with E-state index in [0.29, 0.717) is 11.4 Å². The lowest BCUT2D eigenvalue weighted by Gasteiger charge is -2.09. The van der Waals surface area contributed by atoms with Crippen LogP contribution in [0.4, 0.5) is 22.9 Å². The van der Waals surface area contributed by atoms with Gasteiger partial charge in [-0.05, 0) is 30.3 Å². The molecule has 116 valence electrons. The first-order valence-electron chi connectivity index (χ1n) is 6.40. The van der Waals surface area contributed by atoms with Crippen LogP contribution in [0.2, 0.25) is 0 Å². The third kappa shape index (κ3) is 5.06. The maximum atomic E-state index is 11.1. The Morgan fingerprint density at radius 3 is 2.41 bits per heavy atom. The van der Waals surface area contributed by atoms with E-state index in [4.69, 9.17) is 0 Å². The Hall–Kier alpha value is -2.61. The minimum atomic E-state index is -3.34. The first-order valence-corrected chi connectivity index (χ1v) is 8.29. The van der Waals surface area contributed by atoms with Gasteiger partial charge in [-0.3, -0.25) is 9.52 Å². The van der Waals surface area contributed by atoms with E-state index < -0.39 is 10.0 Å². The summed E-state index contributed by atoms with van der Waals surface area (Å²) in [4.78, 5) is 15.0. The van der Waals surface area contributed by atoms with Gasteiger partial charge in [0.25, 0.3) is 0 Å². The highest BCUT2D eigenvalue weighted by molar-refractivity contribution is 7.92. The number of carbonyl (C=O) groups excluding carboxylic acids is 1. The van der Waals surface area contributed by atoms with Crippen LogP contribution in [0.25, 0.3) is 0 Å². The maximum Gasteiger partial charge on any atom is 0.230 e. The molecular formula is C14H16N4O3S. The minimum absolute atomic E-state index is 0.144. The van der Waals surface area contributed by atoms with Crippen LogP contribution in [0.15, 0.2) is 42.6 Å². The van der Waals surface area contributed by atoms with Crippen LogP contribution in [0.5, 0.6) is 0 Å². The van der Waals surface area contributed by atoms with Gasteiger partial charge < -0.3 is 10.6 Å². The molecule has 1 aromatic heterocycles. The summed E-state index contributed by atoms with van der Waals surface area (Å²) in [5.41, 5.74) is 2.15. The Morgan fingerprint density at radius 2 is 1.82 bits per heavy atom. The topological polar surface area (TPSA) is 100 Å². The van der Waals surface area contributed by atoms with Crippen LogP contribution in [0.3, 0.4) is 0 Å². The van der Waals surface area contributed by atoms with Crippen molar-refractivity contribution in [2.45, 2.75) is 6.92 Å². The second kappa shape index (κ2) is 6.44. The smallest absolute Gasteiger partial charge is 0.230 e. The molecule has 2 aromatic rings. The summed E-state index contributed by atoms with van der Waals surface area (Å²) in [5, 5.41) is 5.81. The van der Waals surface area contributed by atoms with Crippen molar-refractivity contribution in [1.29, 1.82) is 0 Å². The van der Waals surface area contributed by atoms with Gasteiger partial charge >= 0.3 is 0 Å². The molecule has 7 nitrogen and oxygen atoms in total. The number of sulfonamides is 1. The Morgan fingerprint density at radius 1 is 1.09 bits per heavy atom. The average Bonchev–Trinajstić information content (AvgIpc) is 2.39. The third-order valence-corrected chi connectivity index (χ3v) is 3.10. The number of carbonyl (C=O) groups is 1. The number of anilines is 4. The highest BCUT2D eigenvalue weighted by Crippen LogP contribution is 2.20. The largest absolute Gasteiger partial charge is 0.354 e. The molecule has 0 saturated heterocycles. The predicted octanol–water partition coefficient (Wildman–Crippen LogP) is 2.16. The van der Waals surface area contributed by atoms with Gasteiger partial charge in [0.15, 0.2) is 0 Å². The average molecular weight is 320 g/mol. The fraction of sp³-hybridized carbons (Fsp3) is 0.143. The van der Waals surface area contributed by atoms with Crippen molar-refractivity contribution in [1.82, 2.24) is 4.98 Å². The van der Waals surface area contributed by atoms with Gasteiger partial charge in [-0.15, -0.1) is 0 Å². The number of nitrogens with zero attached hydrogens (tertiary/aromatic N) is 1. The molecular weight excluding hydrogens is 304 g/mol. The fourth-order valence-electron chi connectivity index (χ4n) is 1.76. The molecule has 1 aromatic carbocycles. The summed E-state index contributed by atoms with van der Waals surface area (Å²) >= 11 is 0. The number of hydrogen-bond donors (Lipinski definition) is 3. The third-order valence-electron chi connectivity index (χ3n) is 2.53. The number of hydrogen-bond acceptors (Lipinski definition) is 5. The first-order chi connectivity index (χ1) is 10.3. The van der Waals surface area contributed by atoms with E-state index in [1.165, 1.54) is 13.1 Å². The molecule has 0 aliphatic carbocycles. The predicted molar refractivity (Wildman–Crippen MR) is 86.7 cm³/mol. The van der Waals surface area contributed by atoms with Crippen molar-refractivity contribution in [3.8, 4) is 0 Å². The fourth-order valence-corrected chi connectivity index (χ4v) is 2.26. The lowest BCUT2D eigenvalue weighted by Crippen LogP contribution is -2.10. The van der Waals surface area contributed by atoms with Gasteiger partial charge in [0.05, 0.1) is 18.1 Å². The summed E-state index contributed by atoms with van der Waals surface area (Å²) < 4.78 is 24.5. The molecule has 0 saturated carbocycles. The van der Waals surface area contributed by atoms with Crippen LogP contribution >= 0.6 is 0 Å². The Balaban J connectivity index is 2.09. The molecule has 0 radical (unpaired) electrons. The van der Waals surface area contributed by atoms with Crippen LogP contribution < -0.4 is 15.4 Å². The van der Waals surface area contributed by atoms with Crippen molar-refractivity contribution >= 4 is 38.8 Å². The van der Waals surface area contributed by atoms with Crippen molar-refractivity contribution in [3.63, 3.8) is 0 Å². The van der Waals surface area contributed by atoms with E-state index in [-0.39, 0.29) is 11.7 Å². The van der Waals surface area contributed by atoms with Crippen LogP contribution in [0, 0.1) is 0 Å². The van der Waals surface area contributed by atoms with E-state index in [9.17, 15) is 13.2 Å². The summed E-state index contributed by atoms with van der Waals surface area (Å²) in [6.45, 7) is 1.44. The zero-order chi connectivity index (χ0) is 16.2. The van der Waals surface area contributed by atoms with Gasteiger partial charge in [-0.25, -0.2) is 13.4 Å². The van der Waals surface area contributed by atoms with Crippen LogP contribution in [-0.4, -0.2) is 25.6 Å². The van der Waals surface area contributed by atoms with Gasteiger partial charge in [0, 0.05) is 18.3 Å². The lowest BCUT2D eigenvalue weighted by atomic mass is 10.2. The highest BCUT2D eigenvalue weighted by atomic mass is 32.2. The van der Waals surface area contributed by atoms with Crippen LogP contribution in [-0.2, 0) is 14.8 Å². The van der Waals surface area contributed by atoms with Crippen molar-refractivity contribution in [2.75, 3.05) is 21.6 Å². The SMILES string of the molecule is CC(=O)Nc1cccc(Nc2ccc(NS(C)(=O)=O)nc2)c1. The summed E-state index contributed by atoms with van der Waals surface area (Å²) in [6, 6.07) is 10.5. The Kier molecular flexibility index (Phi) is 4.62. The lowest BCUT2D eigenvalue weighted by molar-refractivity contribution is -0.114. The second-order valence-electron chi connectivity index (χ2n) is 4.69. The molecule has 0 fully saturated rings. The number of amides is 1. The van der Waals surface area contributed by atoms with E-state index in [1.807, 2.05) is 6.07 Å². The van der Waals surface area contributed by atoms with Crippen molar-refractivity contribution in [2.24, 2.45) is 0 Å². The van der Waals surface area contributed by atoms with E-state index in [1.54, 1.807) is 30.3 Å². The zero-order valence-corrected chi connectivity index (χ0v) is 12.9. The number of benzene rings is 1. The molecule has 0 atom stereocenters. The number of nitrogens with one attached hydrogen (secondary N) is 3. The molecule has 0 aliphatic rings. The van der Waals surface area contributed by atoms with Gasteiger partial charge in [0.2, 0.25) is 15.9 Å². The molecule has 0 bridgehead atoms.